The highest BCUT2D eigenvalue weighted by Crippen LogP contribution is 2.40. The average molecular weight is 407 g/mol. The Labute approximate surface area is 166 Å². The van der Waals surface area contributed by atoms with Gasteiger partial charge in [-0.1, -0.05) is 12.1 Å². The lowest BCUT2D eigenvalue weighted by atomic mass is 10.1. The van der Waals surface area contributed by atoms with Crippen molar-refractivity contribution in [2.75, 3.05) is 0 Å². The first-order valence-electron chi connectivity index (χ1n) is 8.18. The molecule has 5 aromatic rings. The molecule has 0 aliphatic rings. The molecule has 136 valence electrons. The van der Waals surface area contributed by atoms with Gasteiger partial charge in [0.25, 0.3) is 5.22 Å². The maximum absolute atomic E-state index is 13.3. The van der Waals surface area contributed by atoms with E-state index < -0.39 is 0 Å². The summed E-state index contributed by atoms with van der Waals surface area (Å²) in [6.45, 7) is 0. The molecule has 28 heavy (non-hydrogen) atoms. The third kappa shape index (κ3) is 3.14. The molecule has 6 nitrogen and oxygen atoms in total. The lowest BCUT2D eigenvalue weighted by molar-refractivity contribution is 0.465. The zero-order chi connectivity index (χ0) is 18.9. The Bertz CT molecular complexity index is 1250. The minimum atomic E-state index is -0.275. The number of rotatable bonds is 4. The van der Waals surface area contributed by atoms with Gasteiger partial charge >= 0.3 is 0 Å². The van der Waals surface area contributed by atoms with E-state index in [1.165, 1.54) is 41.6 Å². The van der Waals surface area contributed by atoms with Crippen LogP contribution in [0, 0.1) is 5.82 Å². The number of pyridine rings is 1. The van der Waals surface area contributed by atoms with E-state index in [9.17, 15) is 4.39 Å². The highest BCUT2D eigenvalue weighted by Gasteiger charge is 2.17. The highest BCUT2D eigenvalue weighted by molar-refractivity contribution is 7.99. The number of halogens is 1. The molecule has 0 N–H and O–H groups in total. The van der Waals surface area contributed by atoms with E-state index in [0.717, 1.165) is 26.9 Å². The van der Waals surface area contributed by atoms with E-state index in [4.69, 9.17) is 4.42 Å². The predicted octanol–water partition coefficient (Wildman–Crippen LogP) is 5.09. The monoisotopic (exact) mass is 407 g/mol. The normalized spacial score (nSPS) is 11.2. The molecule has 0 aliphatic heterocycles. The predicted molar refractivity (Wildman–Crippen MR) is 104 cm³/mol. The van der Waals surface area contributed by atoms with Crippen LogP contribution < -0.4 is 0 Å². The second-order valence-electron chi connectivity index (χ2n) is 5.73. The van der Waals surface area contributed by atoms with E-state index in [1.807, 2.05) is 11.4 Å². The highest BCUT2D eigenvalue weighted by atomic mass is 32.2. The number of aromatic nitrogens is 5. The largest absolute Gasteiger partial charge is 0.411 e. The van der Waals surface area contributed by atoms with Gasteiger partial charge in [0.1, 0.15) is 22.0 Å². The molecule has 0 saturated heterocycles. The van der Waals surface area contributed by atoms with Crippen molar-refractivity contribution in [1.29, 1.82) is 0 Å². The molecule has 1 aromatic carbocycles. The van der Waals surface area contributed by atoms with E-state index in [-0.39, 0.29) is 5.82 Å². The summed E-state index contributed by atoms with van der Waals surface area (Å²) in [6.07, 6.45) is 4.85. The number of hydrogen-bond donors (Lipinski definition) is 0. The first-order chi connectivity index (χ1) is 13.8. The van der Waals surface area contributed by atoms with Gasteiger partial charge in [-0.05, 0) is 41.6 Å². The fourth-order valence-electron chi connectivity index (χ4n) is 2.71. The standard InChI is InChI=1S/C19H10FN5OS2/c20-13-5-3-11(4-6-13)14-9-27-17-15(14)18(23-10-22-17)28-19-25-24-16(26-19)12-2-1-7-21-8-12/h1-10H. The molecule has 4 heterocycles. The zero-order valence-electron chi connectivity index (χ0n) is 14.1. The van der Waals surface area contributed by atoms with Gasteiger partial charge in [-0.15, -0.1) is 21.5 Å². The van der Waals surface area contributed by atoms with Gasteiger partial charge in [-0.25, -0.2) is 14.4 Å². The molecule has 0 unspecified atom stereocenters. The Morgan fingerprint density at radius 1 is 1.00 bits per heavy atom. The second kappa shape index (κ2) is 7.10. The number of nitrogens with zero attached hydrogens (tertiary/aromatic N) is 5. The Hall–Kier alpha value is -3.17. The van der Waals surface area contributed by atoms with Crippen molar-refractivity contribution in [1.82, 2.24) is 25.1 Å². The van der Waals surface area contributed by atoms with Crippen LogP contribution in [0.4, 0.5) is 4.39 Å². The topological polar surface area (TPSA) is 77.6 Å². The second-order valence-corrected chi connectivity index (χ2v) is 7.53. The van der Waals surface area contributed by atoms with Crippen LogP contribution in [0.5, 0.6) is 0 Å². The number of hydrogen-bond acceptors (Lipinski definition) is 8. The van der Waals surface area contributed by atoms with Crippen molar-refractivity contribution in [3.05, 3.63) is 66.3 Å². The first-order valence-corrected chi connectivity index (χ1v) is 9.87. The first kappa shape index (κ1) is 17.0. The van der Waals surface area contributed by atoms with Gasteiger partial charge in [-0.2, -0.15) is 0 Å². The summed E-state index contributed by atoms with van der Waals surface area (Å²) in [5.74, 6) is 0.118. The number of thiophene rings is 1. The molecule has 0 spiro atoms. The maximum Gasteiger partial charge on any atom is 0.283 e. The van der Waals surface area contributed by atoms with Crippen molar-refractivity contribution < 1.29 is 8.81 Å². The summed E-state index contributed by atoms with van der Waals surface area (Å²) in [4.78, 5) is 13.6. The molecular weight excluding hydrogens is 397 g/mol. The summed E-state index contributed by atoms with van der Waals surface area (Å²) in [7, 11) is 0. The van der Waals surface area contributed by atoms with Crippen LogP contribution in [0.2, 0.25) is 0 Å². The molecule has 0 aliphatic carbocycles. The third-order valence-electron chi connectivity index (χ3n) is 3.99. The fourth-order valence-corrected chi connectivity index (χ4v) is 4.46. The smallest absolute Gasteiger partial charge is 0.283 e. The lowest BCUT2D eigenvalue weighted by Gasteiger charge is -2.03. The quantitative estimate of drug-likeness (QED) is 0.384. The van der Waals surface area contributed by atoms with Crippen LogP contribution >= 0.6 is 23.1 Å². The van der Waals surface area contributed by atoms with Gasteiger partial charge in [0, 0.05) is 23.3 Å². The van der Waals surface area contributed by atoms with Crippen molar-refractivity contribution in [3.63, 3.8) is 0 Å². The Morgan fingerprint density at radius 3 is 2.71 bits per heavy atom. The van der Waals surface area contributed by atoms with Crippen LogP contribution in [-0.4, -0.2) is 25.1 Å². The van der Waals surface area contributed by atoms with Gasteiger partial charge in [0.2, 0.25) is 5.89 Å². The molecule has 0 atom stereocenters. The minimum Gasteiger partial charge on any atom is -0.411 e. The zero-order valence-corrected chi connectivity index (χ0v) is 15.7. The van der Waals surface area contributed by atoms with Crippen molar-refractivity contribution >= 4 is 33.3 Å². The van der Waals surface area contributed by atoms with Crippen LogP contribution in [-0.2, 0) is 0 Å². The van der Waals surface area contributed by atoms with E-state index in [1.54, 1.807) is 30.6 Å². The number of fused-ring (bicyclic) bond motifs is 1. The van der Waals surface area contributed by atoms with Crippen molar-refractivity contribution in [3.8, 4) is 22.6 Å². The van der Waals surface area contributed by atoms with E-state index in [2.05, 4.69) is 25.1 Å². The summed E-state index contributed by atoms with van der Waals surface area (Å²) in [5.41, 5.74) is 2.58. The minimum absolute atomic E-state index is 0.275. The molecule has 9 heteroatoms. The molecule has 0 saturated carbocycles. The summed E-state index contributed by atoms with van der Waals surface area (Å²) in [6, 6.07) is 10.0. The summed E-state index contributed by atoms with van der Waals surface area (Å²) in [5, 5.41) is 12.1. The molecule has 4 aromatic heterocycles. The summed E-state index contributed by atoms with van der Waals surface area (Å²) >= 11 is 2.78. The fraction of sp³-hybridized carbons (Fsp3) is 0. The van der Waals surface area contributed by atoms with E-state index >= 15 is 0 Å². The Balaban J connectivity index is 1.54. The van der Waals surface area contributed by atoms with Gasteiger partial charge < -0.3 is 4.42 Å². The van der Waals surface area contributed by atoms with E-state index in [0.29, 0.717) is 16.1 Å². The number of benzene rings is 1. The van der Waals surface area contributed by atoms with Crippen LogP contribution in [0.25, 0.3) is 32.8 Å². The van der Waals surface area contributed by atoms with Crippen molar-refractivity contribution in [2.45, 2.75) is 10.2 Å². The summed E-state index contributed by atoms with van der Waals surface area (Å²) < 4.78 is 19.0. The van der Waals surface area contributed by atoms with Crippen LogP contribution in [0.3, 0.4) is 0 Å². The Morgan fingerprint density at radius 2 is 1.89 bits per heavy atom. The SMILES string of the molecule is Fc1ccc(-c2csc3ncnc(Sc4nnc(-c5cccnc5)o4)c23)cc1. The third-order valence-corrected chi connectivity index (χ3v) is 5.72. The van der Waals surface area contributed by atoms with Gasteiger partial charge in [-0.3, -0.25) is 4.98 Å². The van der Waals surface area contributed by atoms with Gasteiger partial charge in [0.15, 0.2) is 0 Å². The van der Waals surface area contributed by atoms with Gasteiger partial charge in [0.05, 0.1) is 10.9 Å². The van der Waals surface area contributed by atoms with Crippen molar-refractivity contribution in [2.24, 2.45) is 0 Å². The maximum atomic E-state index is 13.3. The van der Waals surface area contributed by atoms with Crippen LogP contribution in [0.15, 0.2) is 75.2 Å². The Kier molecular flexibility index (Phi) is 4.30. The molecule has 0 amide bonds. The lowest BCUT2D eigenvalue weighted by Crippen LogP contribution is -1.86. The molecule has 5 rings (SSSR count). The molecular formula is C19H10FN5OS2. The average Bonchev–Trinajstić information content (AvgIpc) is 3.37. The molecule has 0 radical (unpaired) electrons. The molecule has 0 fully saturated rings. The molecule has 0 bridgehead atoms. The van der Waals surface area contributed by atoms with Crippen LogP contribution in [0.1, 0.15) is 0 Å².